The van der Waals surface area contributed by atoms with Gasteiger partial charge >= 0.3 is 0 Å². The summed E-state index contributed by atoms with van der Waals surface area (Å²) in [6.45, 7) is 12.0. The van der Waals surface area contributed by atoms with Gasteiger partial charge in [-0.05, 0) is 31.4 Å². The van der Waals surface area contributed by atoms with Crippen LogP contribution in [0.4, 0.5) is 0 Å². The summed E-state index contributed by atoms with van der Waals surface area (Å²) < 4.78 is 0. The molecule has 1 aliphatic rings. The number of piperazine rings is 1. The second-order valence-electron chi connectivity index (χ2n) is 6.52. The van der Waals surface area contributed by atoms with E-state index in [0.717, 1.165) is 51.3 Å². The van der Waals surface area contributed by atoms with Gasteiger partial charge in [0.2, 0.25) is 5.91 Å². The number of hydrogen-bond donors (Lipinski definition) is 2. The fraction of sp³-hybridized carbons (Fsp3) is 0.611. The highest BCUT2D eigenvalue weighted by molar-refractivity contribution is 5.87. The standard InChI is InChI=1S/C18H29N3O.ClH/c1-4-15-5-7-16(8-6-15)18(2,3)17(22)20-11-14-21-12-9-19-10-13-21;/h5-8,19H,4,9-14H2,1-3H3,(H,20,22);1H. The van der Waals surface area contributed by atoms with Gasteiger partial charge in [0, 0.05) is 39.3 Å². The van der Waals surface area contributed by atoms with Crippen LogP contribution in [0, 0.1) is 0 Å². The zero-order valence-corrected chi connectivity index (χ0v) is 15.3. The molecule has 1 fully saturated rings. The fourth-order valence-corrected chi connectivity index (χ4v) is 2.77. The van der Waals surface area contributed by atoms with Crippen LogP contribution in [0.3, 0.4) is 0 Å². The van der Waals surface area contributed by atoms with E-state index in [1.807, 2.05) is 13.8 Å². The maximum Gasteiger partial charge on any atom is 0.230 e. The van der Waals surface area contributed by atoms with Crippen molar-refractivity contribution in [3.8, 4) is 0 Å². The first-order valence-electron chi connectivity index (χ1n) is 8.35. The number of halogens is 1. The van der Waals surface area contributed by atoms with Crippen LogP contribution in [-0.4, -0.2) is 50.1 Å². The van der Waals surface area contributed by atoms with Crippen LogP contribution in [0.1, 0.15) is 31.9 Å². The zero-order valence-electron chi connectivity index (χ0n) is 14.5. The Labute approximate surface area is 146 Å². The van der Waals surface area contributed by atoms with E-state index >= 15 is 0 Å². The maximum absolute atomic E-state index is 12.5. The minimum absolute atomic E-state index is 0. The van der Waals surface area contributed by atoms with Crippen molar-refractivity contribution in [1.29, 1.82) is 0 Å². The molecule has 1 amide bonds. The van der Waals surface area contributed by atoms with E-state index in [0.29, 0.717) is 0 Å². The van der Waals surface area contributed by atoms with Crippen molar-refractivity contribution in [2.45, 2.75) is 32.6 Å². The lowest BCUT2D eigenvalue weighted by molar-refractivity contribution is -0.125. The van der Waals surface area contributed by atoms with Gasteiger partial charge in [0.15, 0.2) is 0 Å². The van der Waals surface area contributed by atoms with Crippen LogP contribution in [0.15, 0.2) is 24.3 Å². The highest BCUT2D eigenvalue weighted by Gasteiger charge is 2.29. The van der Waals surface area contributed by atoms with E-state index < -0.39 is 5.41 Å². The molecular weight excluding hydrogens is 310 g/mol. The van der Waals surface area contributed by atoms with Crippen molar-refractivity contribution in [2.75, 3.05) is 39.3 Å². The summed E-state index contributed by atoms with van der Waals surface area (Å²) in [7, 11) is 0. The monoisotopic (exact) mass is 339 g/mol. The molecule has 0 aromatic heterocycles. The lowest BCUT2D eigenvalue weighted by atomic mass is 9.83. The third-order valence-corrected chi connectivity index (χ3v) is 4.57. The minimum atomic E-state index is -0.490. The summed E-state index contributed by atoms with van der Waals surface area (Å²) in [4.78, 5) is 14.9. The molecule has 23 heavy (non-hydrogen) atoms. The van der Waals surface area contributed by atoms with E-state index in [1.54, 1.807) is 0 Å². The number of hydrogen-bond acceptors (Lipinski definition) is 3. The topological polar surface area (TPSA) is 44.4 Å². The van der Waals surface area contributed by atoms with Crippen molar-refractivity contribution in [1.82, 2.24) is 15.5 Å². The van der Waals surface area contributed by atoms with E-state index in [-0.39, 0.29) is 18.3 Å². The molecule has 1 aromatic carbocycles. The predicted molar refractivity (Wildman–Crippen MR) is 98.4 cm³/mol. The molecule has 0 spiro atoms. The van der Waals surface area contributed by atoms with E-state index in [2.05, 4.69) is 46.7 Å². The molecule has 1 heterocycles. The Morgan fingerprint density at radius 1 is 1.22 bits per heavy atom. The molecule has 0 saturated carbocycles. The first-order chi connectivity index (χ1) is 10.5. The average molecular weight is 340 g/mol. The minimum Gasteiger partial charge on any atom is -0.354 e. The summed E-state index contributed by atoms with van der Waals surface area (Å²) in [5, 5.41) is 6.44. The third-order valence-electron chi connectivity index (χ3n) is 4.57. The number of nitrogens with one attached hydrogen (secondary N) is 2. The Hall–Kier alpha value is -1.10. The Morgan fingerprint density at radius 2 is 1.83 bits per heavy atom. The van der Waals surface area contributed by atoms with Crippen LogP contribution in [0.25, 0.3) is 0 Å². The van der Waals surface area contributed by atoms with Gasteiger partial charge in [0.1, 0.15) is 0 Å². The first kappa shape index (κ1) is 19.9. The molecule has 130 valence electrons. The van der Waals surface area contributed by atoms with Crippen molar-refractivity contribution >= 4 is 18.3 Å². The second kappa shape index (κ2) is 9.26. The third kappa shape index (κ3) is 5.48. The summed E-state index contributed by atoms with van der Waals surface area (Å²) in [6.07, 6.45) is 1.03. The number of aryl methyl sites for hydroxylation is 1. The Bertz CT molecular complexity index is 482. The zero-order chi connectivity index (χ0) is 16.0. The lowest BCUT2D eigenvalue weighted by Gasteiger charge is -2.28. The van der Waals surface area contributed by atoms with E-state index in [4.69, 9.17) is 0 Å². The summed E-state index contributed by atoms with van der Waals surface area (Å²) in [5.41, 5.74) is 1.89. The molecule has 0 radical (unpaired) electrons. The Morgan fingerprint density at radius 3 is 2.39 bits per heavy atom. The highest BCUT2D eigenvalue weighted by Crippen LogP contribution is 2.23. The number of carbonyl (C=O) groups excluding carboxylic acids is 1. The van der Waals surface area contributed by atoms with Crippen LogP contribution in [-0.2, 0) is 16.6 Å². The largest absolute Gasteiger partial charge is 0.354 e. The smallest absolute Gasteiger partial charge is 0.230 e. The van der Waals surface area contributed by atoms with Gasteiger partial charge in [0.05, 0.1) is 5.41 Å². The lowest BCUT2D eigenvalue weighted by Crippen LogP contribution is -2.48. The molecule has 0 atom stereocenters. The van der Waals surface area contributed by atoms with Gasteiger partial charge in [0.25, 0.3) is 0 Å². The first-order valence-corrected chi connectivity index (χ1v) is 8.35. The number of nitrogens with zero attached hydrogens (tertiary/aromatic N) is 1. The van der Waals surface area contributed by atoms with Crippen LogP contribution in [0.5, 0.6) is 0 Å². The fourth-order valence-electron chi connectivity index (χ4n) is 2.77. The van der Waals surface area contributed by atoms with Crippen LogP contribution < -0.4 is 10.6 Å². The maximum atomic E-state index is 12.5. The van der Waals surface area contributed by atoms with E-state index in [1.165, 1.54) is 5.56 Å². The number of rotatable bonds is 6. The van der Waals surface area contributed by atoms with Crippen molar-refractivity contribution in [3.63, 3.8) is 0 Å². The summed E-state index contributed by atoms with van der Waals surface area (Å²) >= 11 is 0. The van der Waals surface area contributed by atoms with Gasteiger partial charge < -0.3 is 10.6 Å². The second-order valence-corrected chi connectivity index (χ2v) is 6.52. The van der Waals surface area contributed by atoms with Crippen molar-refractivity contribution < 1.29 is 4.79 Å². The molecule has 0 unspecified atom stereocenters. The van der Waals surface area contributed by atoms with Crippen LogP contribution >= 0.6 is 12.4 Å². The van der Waals surface area contributed by atoms with Crippen LogP contribution in [0.2, 0.25) is 0 Å². The quantitative estimate of drug-likeness (QED) is 0.833. The normalized spacial score (nSPS) is 15.8. The Balaban J connectivity index is 0.00000264. The summed E-state index contributed by atoms with van der Waals surface area (Å²) in [5.74, 6) is 0.104. The molecular formula is C18H30ClN3O. The number of carbonyl (C=O) groups is 1. The Kier molecular flexibility index (Phi) is 8.03. The molecule has 0 aliphatic carbocycles. The van der Waals surface area contributed by atoms with E-state index in [9.17, 15) is 4.79 Å². The van der Waals surface area contributed by atoms with Gasteiger partial charge in [-0.1, -0.05) is 31.2 Å². The van der Waals surface area contributed by atoms with Gasteiger partial charge in [-0.2, -0.15) is 0 Å². The molecule has 1 aromatic rings. The molecule has 2 N–H and O–H groups in total. The average Bonchev–Trinajstić information content (AvgIpc) is 2.55. The number of amides is 1. The predicted octanol–water partition coefficient (Wildman–Crippen LogP) is 1.97. The summed E-state index contributed by atoms with van der Waals surface area (Å²) in [6, 6.07) is 8.39. The molecule has 4 nitrogen and oxygen atoms in total. The molecule has 0 bridgehead atoms. The van der Waals surface area contributed by atoms with Crippen molar-refractivity contribution in [3.05, 3.63) is 35.4 Å². The van der Waals surface area contributed by atoms with Gasteiger partial charge in [-0.25, -0.2) is 0 Å². The SMILES string of the molecule is CCc1ccc(C(C)(C)C(=O)NCCN2CCNCC2)cc1.Cl. The molecule has 5 heteroatoms. The highest BCUT2D eigenvalue weighted by atomic mass is 35.5. The van der Waals surface area contributed by atoms with Crippen molar-refractivity contribution in [2.24, 2.45) is 0 Å². The molecule has 2 rings (SSSR count). The molecule has 1 aliphatic heterocycles. The number of benzene rings is 1. The van der Waals surface area contributed by atoms with Gasteiger partial charge in [-0.3, -0.25) is 9.69 Å². The molecule has 1 saturated heterocycles. The van der Waals surface area contributed by atoms with Gasteiger partial charge in [-0.15, -0.1) is 12.4 Å².